The van der Waals surface area contributed by atoms with Crippen molar-refractivity contribution in [3.63, 3.8) is 0 Å². The zero-order valence-electron chi connectivity index (χ0n) is 16.3. The predicted octanol–water partition coefficient (Wildman–Crippen LogP) is 4.22. The molecule has 7 heteroatoms. The molecule has 1 fully saturated rings. The molecule has 3 aromatic rings. The van der Waals surface area contributed by atoms with Crippen LogP contribution in [0.5, 0.6) is 5.75 Å². The van der Waals surface area contributed by atoms with Gasteiger partial charge in [-0.2, -0.15) is 4.31 Å². The van der Waals surface area contributed by atoms with Crippen LogP contribution in [0.15, 0.2) is 47.4 Å². The van der Waals surface area contributed by atoms with Crippen molar-refractivity contribution in [2.24, 2.45) is 0 Å². The first-order chi connectivity index (χ1) is 14.0. The lowest BCUT2D eigenvalue weighted by Gasteiger charge is -2.25. The van der Waals surface area contributed by atoms with Crippen LogP contribution in [-0.4, -0.2) is 43.7 Å². The van der Waals surface area contributed by atoms with Crippen LogP contribution in [0.1, 0.15) is 36.5 Å². The molecule has 0 aliphatic carbocycles. The first-order valence-electron chi connectivity index (χ1n) is 9.89. The molecule has 0 atom stereocenters. The predicted molar refractivity (Wildman–Crippen MR) is 113 cm³/mol. The van der Waals surface area contributed by atoms with Crippen molar-refractivity contribution in [2.45, 2.75) is 31.1 Å². The lowest BCUT2D eigenvalue weighted by molar-refractivity contribution is 0.112. The van der Waals surface area contributed by atoms with Crippen molar-refractivity contribution in [1.29, 1.82) is 0 Å². The van der Waals surface area contributed by atoms with Crippen molar-refractivity contribution in [1.82, 2.24) is 9.29 Å². The van der Waals surface area contributed by atoms with E-state index in [0.29, 0.717) is 36.3 Å². The van der Waals surface area contributed by atoms with E-state index in [1.54, 1.807) is 18.2 Å². The van der Waals surface area contributed by atoms with Crippen molar-refractivity contribution >= 4 is 27.2 Å². The van der Waals surface area contributed by atoms with Gasteiger partial charge in [0.1, 0.15) is 5.75 Å². The van der Waals surface area contributed by atoms with Gasteiger partial charge in [0, 0.05) is 29.6 Å². The quantitative estimate of drug-likeness (QED) is 0.615. The Hall–Kier alpha value is -2.64. The Bertz CT molecular complexity index is 1130. The summed E-state index contributed by atoms with van der Waals surface area (Å²) in [4.78, 5) is 15.4. The van der Waals surface area contributed by atoms with Crippen LogP contribution in [-0.2, 0) is 10.0 Å². The minimum atomic E-state index is -3.56. The zero-order chi connectivity index (χ0) is 20.4. The van der Waals surface area contributed by atoms with E-state index in [1.165, 1.54) is 4.31 Å². The highest BCUT2D eigenvalue weighted by Gasteiger charge is 2.26. The summed E-state index contributed by atoms with van der Waals surface area (Å²) in [5.41, 5.74) is 2.70. The summed E-state index contributed by atoms with van der Waals surface area (Å²) in [5, 5.41) is 0.613. The Morgan fingerprint density at radius 3 is 2.45 bits per heavy atom. The third-order valence-electron chi connectivity index (χ3n) is 5.33. The van der Waals surface area contributed by atoms with Crippen LogP contribution in [0.3, 0.4) is 0 Å². The second-order valence-corrected chi connectivity index (χ2v) is 9.10. The summed E-state index contributed by atoms with van der Waals surface area (Å²) < 4.78 is 33.1. The van der Waals surface area contributed by atoms with Crippen LogP contribution >= 0.6 is 0 Å². The fourth-order valence-electron chi connectivity index (χ4n) is 3.84. The van der Waals surface area contributed by atoms with E-state index in [-0.39, 0.29) is 4.90 Å². The van der Waals surface area contributed by atoms with E-state index in [9.17, 15) is 13.2 Å². The maximum absolute atomic E-state index is 13.0. The molecule has 1 aliphatic rings. The third-order valence-corrected chi connectivity index (χ3v) is 7.23. The Labute approximate surface area is 170 Å². The number of sulfonamides is 1. The van der Waals surface area contributed by atoms with Gasteiger partial charge in [0.2, 0.25) is 10.0 Å². The summed E-state index contributed by atoms with van der Waals surface area (Å²) in [5.74, 6) is 0.759. The van der Waals surface area contributed by atoms with Crippen molar-refractivity contribution in [3.8, 4) is 17.0 Å². The second-order valence-electron chi connectivity index (χ2n) is 7.16. The van der Waals surface area contributed by atoms with E-state index in [2.05, 4.69) is 4.98 Å². The molecule has 1 aliphatic heterocycles. The summed E-state index contributed by atoms with van der Waals surface area (Å²) in [7, 11) is -3.56. The highest BCUT2D eigenvalue weighted by molar-refractivity contribution is 7.89. The number of aromatic nitrogens is 1. The average molecular weight is 413 g/mol. The molecule has 0 saturated carbocycles. The smallest absolute Gasteiger partial charge is 0.243 e. The summed E-state index contributed by atoms with van der Waals surface area (Å²) in [6.07, 6.45) is 3.60. The summed E-state index contributed by atoms with van der Waals surface area (Å²) in [6, 6.07) is 12.4. The number of aldehydes is 1. The molecule has 2 aromatic carbocycles. The second kappa shape index (κ2) is 8.00. The molecule has 2 heterocycles. The Morgan fingerprint density at radius 1 is 1.07 bits per heavy atom. The molecule has 29 heavy (non-hydrogen) atoms. The van der Waals surface area contributed by atoms with Crippen LogP contribution in [0.25, 0.3) is 22.2 Å². The monoisotopic (exact) mass is 412 g/mol. The van der Waals surface area contributed by atoms with Gasteiger partial charge in [-0.3, -0.25) is 4.79 Å². The first kappa shape index (κ1) is 19.7. The number of aromatic amines is 1. The van der Waals surface area contributed by atoms with Crippen LogP contribution in [0, 0.1) is 0 Å². The van der Waals surface area contributed by atoms with E-state index in [0.717, 1.165) is 42.4 Å². The number of H-pyrrole nitrogens is 1. The maximum Gasteiger partial charge on any atom is 0.243 e. The van der Waals surface area contributed by atoms with Crippen molar-refractivity contribution < 1.29 is 17.9 Å². The Balaban J connectivity index is 1.76. The van der Waals surface area contributed by atoms with E-state index in [1.807, 2.05) is 31.2 Å². The number of ether oxygens (including phenoxy) is 1. The average Bonchev–Trinajstić information content (AvgIpc) is 3.13. The highest BCUT2D eigenvalue weighted by atomic mass is 32.2. The topological polar surface area (TPSA) is 79.5 Å². The van der Waals surface area contributed by atoms with E-state index in [4.69, 9.17) is 4.74 Å². The standard InChI is InChI=1S/C22H24N2O4S/c1-2-28-17-8-6-16(7-9-17)22-20(15-25)19-14-18(10-11-21(19)23-22)29(26,27)24-12-4-3-5-13-24/h6-11,14-15,23H,2-5,12-13H2,1H3. The van der Waals surface area contributed by atoms with Gasteiger partial charge in [-0.15, -0.1) is 0 Å². The van der Waals surface area contributed by atoms with Crippen LogP contribution in [0.4, 0.5) is 0 Å². The molecule has 4 rings (SSSR count). The summed E-state index contributed by atoms with van der Waals surface area (Å²) in [6.45, 7) is 3.60. The minimum Gasteiger partial charge on any atom is -0.494 e. The number of carbonyl (C=O) groups is 1. The number of nitrogens with zero attached hydrogens (tertiary/aromatic N) is 1. The van der Waals surface area contributed by atoms with Crippen LogP contribution < -0.4 is 4.74 Å². The number of nitrogens with one attached hydrogen (secondary N) is 1. The van der Waals surface area contributed by atoms with E-state index >= 15 is 0 Å². The lowest BCUT2D eigenvalue weighted by Crippen LogP contribution is -2.35. The Morgan fingerprint density at radius 2 is 1.79 bits per heavy atom. The molecule has 1 N–H and O–H groups in total. The number of carbonyl (C=O) groups excluding carboxylic acids is 1. The molecule has 0 amide bonds. The van der Waals surface area contributed by atoms with Gasteiger partial charge < -0.3 is 9.72 Å². The molecular formula is C22H24N2O4S. The van der Waals surface area contributed by atoms with Crippen LogP contribution in [0.2, 0.25) is 0 Å². The highest BCUT2D eigenvalue weighted by Crippen LogP contribution is 2.32. The number of benzene rings is 2. The van der Waals surface area contributed by atoms with Crippen molar-refractivity contribution in [3.05, 3.63) is 48.0 Å². The summed E-state index contributed by atoms with van der Waals surface area (Å²) >= 11 is 0. The molecule has 0 unspecified atom stereocenters. The van der Waals surface area contributed by atoms with Gasteiger partial charge in [0.15, 0.2) is 6.29 Å². The lowest BCUT2D eigenvalue weighted by atomic mass is 10.1. The molecule has 0 bridgehead atoms. The number of fused-ring (bicyclic) bond motifs is 1. The van der Waals surface area contributed by atoms with Gasteiger partial charge in [0.25, 0.3) is 0 Å². The van der Waals surface area contributed by atoms with Crippen molar-refractivity contribution in [2.75, 3.05) is 19.7 Å². The first-order valence-corrected chi connectivity index (χ1v) is 11.3. The minimum absolute atomic E-state index is 0.229. The molecular weight excluding hydrogens is 388 g/mol. The van der Waals surface area contributed by atoms with Gasteiger partial charge in [-0.1, -0.05) is 6.42 Å². The van der Waals surface area contributed by atoms with Gasteiger partial charge >= 0.3 is 0 Å². The zero-order valence-corrected chi connectivity index (χ0v) is 17.2. The largest absolute Gasteiger partial charge is 0.494 e. The Kier molecular flexibility index (Phi) is 5.43. The van der Waals surface area contributed by atoms with Gasteiger partial charge in [0.05, 0.1) is 17.2 Å². The fourth-order valence-corrected chi connectivity index (χ4v) is 5.39. The number of hydrogen-bond donors (Lipinski definition) is 1. The van der Waals surface area contributed by atoms with E-state index < -0.39 is 10.0 Å². The fraction of sp³-hybridized carbons (Fsp3) is 0.318. The molecule has 152 valence electrons. The normalized spacial score (nSPS) is 15.5. The molecule has 6 nitrogen and oxygen atoms in total. The number of hydrogen-bond acceptors (Lipinski definition) is 4. The third kappa shape index (κ3) is 3.68. The molecule has 0 spiro atoms. The maximum atomic E-state index is 13.0. The number of piperidine rings is 1. The SMILES string of the molecule is CCOc1ccc(-c2[nH]c3ccc(S(=O)(=O)N4CCCCC4)cc3c2C=O)cc1. The molecule has 1 aromatic heterocycles. The molecule has 1 saturated heterocycles. The van der Waals surface area contributed by atoms with Gasteiger partial charge in [-0.05, 0) is 67.8 Å². The van der Waals surface area contributed by atoms with Gasteiger partial charge in [-0.25, -0.2) is 8.42 Å². The molecule has 0 radical (unpaired) electrons. The number of rotatable bonds is 6.